The molecule has 8 heteroatoms. The van der Waals surface area contributed by atoms with E-state index in [1.165, 1.54) is 0 Å². The Bertz CT molecular complexity index is 1370. The SMILES string of the molecule is COc1cc2c(cc1OC(C)C)CN(c1ccc([C@](C)(O)C3CCN(C4COC4)CC3)cc1)C(=O)C2.Clc1ccccc1. The topological polar surface area (TPSA) is 71.5 Å². The molecule has 230 valence electrons. The first kappa shape index (κ1) is 31.3. The van der Waals surface area contributed by atoms with Gasteiger partial charge in [-0.2, -0.15) is 0 Å². The van der Waals surface area contributed by atoms with E-state index in [9.17, 15) is 9.90 Å². The molecule has 3 aliphatic rings. The van der Waals surface area contributed by atoms with E-state index in [0.29, 0.717) is 30.5 Å². The molecule has 0 bridgehead atoms. The Hall–Kier alpha value is -3.10. The van der Waals surface area contributed by atoms with E-state index in [1.54, 1.807) is 7.11 Å². The quantitative estimate of drug-likeness (QED) is 0.344. The van der Waals surface area contributed by atoms with E-state index in [-0.39, 0.29) is 17.9 Å². The van der Waals surface area contributed by atoms with Crippen LogP contribution in [0.5, 0.6) is 11.5 Å². The summed E-state index contributed by atoms with van der Waals surface area (Å²) in [6.45, 7) is 10.1. The van der Waals surface area contributed by atoms with Gasteiger partial charge in [-0.05, 0) is 106 Å². The summed E-state index contributed by atoms with van der Waals surface area (Å²) in [6, 6.07) is 21.8. The average Bonchev–Trinajstić information content (AvgIpc) is 2.97. The zero-order chi connectivity index (χ0) is 30.6. The van der Waals surface area contributed by atoms with Gasteiger partial charge in [0, 0.05) is 10.7 Å². The largest absolute Gasteiger partial charge is 0.493 e. The van der Waals surface area contributed by atoms with Crippen LogP contribution in [0.25, 0.3) is 0 Å². The van der Waals surface area contributed by atoms with E-state index in [2.05, 4.69) is 4.90 Å². The van der Waals surface area contributed by atoms with E-state index in [1.807, 2.05) is 92.4 Å². The summed E-state index contributed by atoms with van der Waals surface area (Å²) in [4.78, 5) is 17.4. The number of hydrogen-bond acceptors (Lipinski definition) is 6. The van der Waals surface area contributed by atoms with E-state index < -0.39 is 5.60 Å². The third-order valence-electron chi connectivity index (χ3n) is 8.78. The van der Waals surface area contributed by atoms with Gasteiger partial charge in [0.1, 0.15) is 0 Å². The number of hydrogen-bond donors (Lipinski definition) is 1. The number of likely N-dealkylation sites (tertiary alicyclic amines) is 1. The molecule has 6 rings (SSSR count). The number of carbonyl (C=O) groups is 1. The van der Waals surface area contributed by atoms with Crippen LogP contribution in [0.15, 0.2) is 66.7 Å². The predicted molar refractivity (Wildman–Crippen MR) is 170 cm³/mol. The molecular weight excluding hydrogens is 564 g/mol. The van der Waals surface area contributed by atoms with Gasteiger partial charge in [0.05, 0.1) is 51.0 Å². The van der Waals surface area contributed by atoms with Crippen molar-refractivity contribution in [3.8, 4) is 11.5 Å². The van der Waals surface area contributed by atoms with Gasteiger partial charge in [-0.1, -0.05) is 41.9 Å². The van der Waals surface area contributed by atoms with E-state index >= 15 is 0 Å². The molecule has 2 saturated heterocycles. The number of rotatable bonds is 7. The zero-order valence-electron chi connectivity index (χ0n) is 25.6. The highest BCUT2D eigenvalue weighted by molar-refractivity contribution is 6.30. The number of carbonyl (C=O) groups excluding carboxylic acids is 1. The summed E-state index contributed by atoms with van der Waals surface area (Å²) in [5.74, 6) is 1.61. The fourth-order valence-corrected chi connectivity index (χ4v) is 6.25. The average molecular weight is 607 g/mol. The highest BCUT2D eigenvalue weighted by Gasteiger charge is 2.38. The molecule has 0 unspecified atom stereocenters. The summed E-state index contributed by atoms with van der Waals surface area (Å²) in [5, 5.41) is 12.3. The molecule has 0 aliphatic carbocycles. The van der Waals surface area contributed by atoms with Crippen molar-refractivity contribution in [2.75, 3.05) is 38.3 Å². The summed E-state index contributed by atoms with van der Waals surface area (Å²) in [5.41, 5.74) is 2.87. The van der Waals surface area contributed by atoms with Gasteiger partial charge >= 0.3 is 0 Å². The second-order valence-corrected chi connectivity index (χ2v) is 12.5. The molecule has 1 N–H and O–H groups in total. The second-order valence-electron chi connectivity index (χ2n) is 12.1. The lowest BCUT2D eigenvalue weighted by Crippen LogP contribution is -2.53. The number of ether oxygens (including phenoxy) is 3. The van der Waals surface area contributed by atoms with Crippen molar-refractivity contribution in [1.82, 2.24) is 4.90 Å². The number of anilines is 1. The minimum Gasteiger partial charge on any atom is -0.493 e. The number of benzene rings is 3. The molecule has 3 heterocycles. The lowest BCUT2D eigenvalue weighted by Gasteiger charge is -2.44. The van der Waals surface area contributed by atoms with Crippen molar-refractivity contribution in [3.05, 3.63) is 88.4 Å². The molecule has 0 spiro atoms. The van der Waals surface area contributed by atoms with Crippen molar-refractivity contribution < 1.29 is 24.1 Å². The van der Waals surface area contributed by atoms with Crippen molar-refractivity contribution in [3.63, 3.8) is 0 Å². The minimum atomic E-state index is -0.904. The van der Waals surface area contributed by atoms with Gasteiger partial charge in [-0.15, -0.1) is 0 Å². The van der Waals surface area contributed by atoms with Gasteiger partial charge in [0.25, 0.3) is 0 Å². The Morgan fingerprint density at radius 1 is 0.977 bits per heavy atom. The highest BCUT2D eigenvalue weighted by atomic mass is 35.5. The molecule has 0 saturated carbocycles. The highest BCUT2D eigenvalue weighted by Crippen LogP contribution is 2.39. The van der Waals surface area contributed by atoms with Crippen LogP contribution in [0.1, 0.15) is 50.3 Å². The van der Waals surface area contributed by atoms with Crippen LogP contribution in [0, 0.1) is 5.92 Å². The first-order chi connectivity index (χ1) is 20.7. The number of halogens is 1. The Morgan fingerprint density at radius 3 is 2.16 bits per heavy atom. The number of fused-ring (bicyclic) bond motifs is 1. The van der Waals surface area contributed by atoms with Gasteiger partial charge in [0.2, 0.25) is 5.91 Å². The minimum absolute atomic E-state index is 0.0260. The lowest BCUT2D eigenvalue weighted by molar-refractivity contribution is -0.118. The Morgan fingerprint density at radius 2 is 1.63 bits per heavy atom. The van der Waals surface area contributed by atoms with Crippen LogP contribution >= 0.6 is 11.6 Å². The number of piperidine rings is 1. The maximum atomic E-state index is 13.1. The molecule has 2 fully saturated rings. The number of nitrogens with zero attached hydrogens (tertiary/aromatic N) is 2. The number of aliphatic hydroxyl groups is 1. The van der Waals surface area contributed by atoms with E-state index in [0.717, 1.165) is 66.5 Å². The van der Waals surface area contributed by atoms with Crippen LogP contribution in [-0.4, -0.2) is 61.5 Å². The summed E-state index contributed by atoms with van der Waals surface area (Å²) in [6.07, 6.45) is 2.28. The van der Waals surface area contributed by atoms with Crippen molar-refractivity contribution in [1.29, 1.82) is 0 Å². The van der Waals surface area contributed by atoms with Crippen LogP contribution in [0.3, 0.4) is 0 Å². The Labute approximate surface area is 260 Å². The summed E-state index contributed by atoms with van der Waals surface area (Å²) in [7, 11) is 1.62. The third-order valence-corrected chi connectivity index (χ3v) is 9.03. The molecule has 0 aromatic heterocycles. The van der Waals surface area contributed by atoms with Gasteiger partial charge in [0.15, 0.2) is 11.5 Å². The monoisotopic (exact) mass is 606 g/mol. The lowest BCUT2D eigenvalue weighted by atomic mass is 9.77. The molecule has 0 radical (unpaired) electrons. The fraction of sp³-hybridized carbons (Fsp3) is 0.457. The Balaban J connectivity index is 0.000000463. The molecule has 3 aromatic rings. The van der Waals surface area contributed by atoms with Gasteiger partial charge in [-0.25, -0.2) is 0 Å². The van der Waals surface area contributed by atoms with Gasteiger partial charge < -0.3 is 24.2 Å². The normalized spacial score (nSPS) is 19.1. The Kier molecular flexibility index (Phi) is 9.97. The van der Waals surface area contributed by atoms with Crippen molar-refractivity contribution in [2.45, 2.75) is 64.3 Å². The van der Waals surface area contributed by atoms with Crippen LogP contribution in [-0.2, 0) is 28.1 Å². The van der Waals surface area contributed by atoms with Crippen molar-refractivity contribution in [2.24, 2.45) is 5.92 Å². The molecule has 1 atom stereocenters. The molecule has 1 amide bonds. The molecule has 3 aliphatic heterocycles. The molecular formula is C35H43ClN2O5. The predicted octanol–water partition coefficient (Wildman–Crippen LogP) is 6.23. The summed E-state index contributed by atoms with van der Waals surface area (Å²) < 4.78 is 16.8. The summed E-state index contributed by atoms with van der Waals surface area (Å²) >= 11 is 5.54. The van der Waals surface area contributed by atoms with Crippen LogP contribution in [0.4, 0.5) is 5.69 Å². The smallest absolute Gasteiger partial charge is 0.231 e. The fourth-order valence-electron chi connectivity index (χ4n) is 6.10. The zero-order valence-corrected chi connectivity index (χ0v) is 26.3. The standard InChI is InChI=1S/C29H38N2O5.C6H5Cl/c1-19(2)36-27-14-21-16-31(28(32)15-20(21)13-26(27)34-4)24-7-5-22(6-8-24)29(3,33)23-9-11-30(12-10-23)25-17-35-18-25;7-6-4-2-1-3-5-6/h5-8,13-14,19,23,25,33H,9-12,15-18H2,1-4H3;1-5H/t29-;/m0./s1. The molecule has 43 heavy (non-hydrogen) atoms. The first-order valence-corrected chi connectivity index (χ1v) is 15.6. The number of methoxy groups -OCH3 is 1. The molecule has 7 nitrogen and oxygen atoms in total. The maximum Gasteiger partial charge on any atom is 0.231 e. The number of amides is 1. The van der Waals surface area contributed by atoms with Crippen molar-refractivity contribution >= 4 is 23.2 Å². The third kappa shape index (κ3) is 7.35. The first-order valence-electron chi connectivity index (χ1n) is 15.2. The maximum absolute atomic E-state index is 13.1. The van der Waals surface area contributed by atoms with E-state index in [4.69, 9.17) is 25.8 Å². The second kappa shape index (κ2) is 13.7. The van der Waals surface area contributed by atoms with Crippen LogP contribution in [0.2, 0.25) is 5.02 Å². The molecule has 3 aromatic carbocycles. The van der Waals surface area contributed by atoms with Crippen LogP contribution < -0.4 is 14.4 Å². The van der Waals surface area contributed by atoms with Gasteiger partial charge in [-0.3, -0.25) is 9.69 Å².